The number of aliphatic imine (C=N–C) groups is 1. The lowest BCUT2D eigenvalue weighted by Crippen LogP contribution is -2.51. The molecular formula is C14H21N3O. The van der Waals surface area contributed by atoms with Crippen molar-refractivity contribution in [3.8, 4) is 0 Å². The summed E-state index contributed by atoms with van der Waals surface area (Å²) in [4.78, 5) is 6.54. The molecule has 1 saturated heterocycles. The smallest absolute Gasteiger partial charge is 0.196 e. The maximum atomic E-state index is 6.08. The van der Waals surface area contributed by atoms with E-state index in [1.54, 1.807) is 7.11 Å². The van der Waals surface area contributed by atoms with Crippen LogP contribution in [0.15, 0.2) is 35.3 Å². The first-order valence-corrected chi connectivity index (χ1v) is 6.32. The Hall–Kier alpha value is -1.55. The van der Waals surface area contributed by atoms with E-state index in [9.17, 15) is 0 Å². The molecule has 2 N–H and O–H groups in total. The number of ether oxygens (including phenoxy) is 1. The summed E-state index contributed by atoms with van der Waals surface area (Å²) in [6.07, 6.45) is 2.15. The first kappa shape index (κ1) is 12.9. The molecule has 0 saturated carbocycles. The van der Waals surface area contributed by atoms with Crippen LogP contribution in [-0.2, 0) is 4.74 Å². The highest BCUT2D eigenvalue weighted by atomic mass is 16.5. The molecule has 1 aliphatic rings. The average Bonchev–Trinajstić information content (AvgIpc) is 2.40. The zero-order valence-corrected chi connectivity index (χ0v) is 11.1. The highest BCUT2D eigenvalue weighted by Crippen LogP contribution is 2.24. The molecule has 1 atom stereocenters. The molecule has 18 heavy (non-hydrogen) atoms. The van der Waals surface area contributed by atoms with E-state index >= 15 is 0 Å². The van der Waals surface area contributed by atoms with Gasteiger partial charge >= 0.3 is 0 Å². The number of hydrogen-bond acceptors (Lipinski definition) is 2. The molecule has 98 valence electrons. The van der Waals surface area contributed by atoms with Crippen LogP contribution < -0.4 is 5.73 Å². The Balaban J connectivity index is 2.09. The van der Waals surface area contributed by atoms with Gasteiger partial charge in [0, 0.05) is 20.2 Å². The Morgan fingerprint density at radius 3 is 2.78 bits per heavy atom. The summed E-state index contributed by atoms with van der Waals surface area (Å²) in [5, 5.41) is 0. The molecule has 1 fully saturated rings. The van der Waals surface area contributed by atoms with E-state index in [0.717, 1.165) is 31.6 Å². The topological polar surface area (TPSA) is 50.9 Å². The lowest BCUT2D eigenvalue weighted by molar-refractivity contribution is -0.0351. The predicted molar refractivity (Wildman–Crippen MR) is 73.9 cm³/mol. The first-order valence-electron chi connectivity index (χ1n) is 6.32. The van der Waals surface area contributed by atoms with Crippen LogP contribution >= 0.6 is 0 Å². The summed E-state index contributed by atoms with van der Waals surface area (Å²) in [7, 11) is 1.76. The number of likely N-dealkylation sites (tertiary alicyclic amines) is 1. The maximum Gasteiger partial charge on any atom is 0.196 e. The average molecular weight is 247 g/mol. The summed E-state index contributed by atoms with van der Waals surface area (Å²) >= 11 is 0. The molecule has 4 heteroatoms. The molecular weight excluding hydrogens is 226 g/mol. The zero-order valence-electron chi connectivity index (χ0n) is 11.1. The van der Waals surface area contributed by atoms with E-state index in [-0.39, 0.29) is 5.60 Å². The number of para-hydroxylation sites is 1. The van der Waals surface area contributed by atoms with Crippen LogP contribution in [-0.4, -0.2) is 36.7 Å². The largest absolute Gasteiger partial charge is 0.377 e. The monoisotopic (exact) mass is 247 g/mol. The Morgan fingerprint density at radius 1 is 1.39 bits per heavy atom. The minimum atomic E-state index is -0.116. The van der Waals surface area contributed by atoms with Gasteiger partial charge in [-0.1, -0.05) is 18.2 Å². The van der Waals surface area contributed by atoms with E-state index in [0.29, 0.717) is 5.96 Å². The van der Waals surface area contributed by atoms with Gasteiger partial charge < -0.3 is 15.4 Å². The van der Waals surface area contributed by atoms with Gasteiger partial charge in [0.2, 0.25) is 0 Å². The second kappa shape index (κ2) is 5.40. The summed E-state index contributed by atoms with van der Waals surface area (Å²) in [6.45, 7) is 3.86. The molecule has 4 nitrogen and oxygen atoms in total. The fourth-order valence-electron chi connectivity index (χ4n) is 2.27. The van der Waals surface area contributed by atoms with Crippen LogP contribution in [0, 0.1) is 0 Å². The lowest BCUT2D eigenvalue weighted by atomic mass is 9.95. The Morgan fingerprint density at radius 2 is 2.11 bits per heavy atom. The molecule has 0 aliphatic carbocycles. The van der Waals surface area contributed by atoms with E-state index in [1.165, 1.54) is 0 Å². The number of nitrogens with zero attached hydrogens (tertiary/aromatic N) is 2. The van der Waals surface area contributed by atoms with Gasteiger partial charge in [-0.3, -0.25) is 0 Å². The summed E-state index contributed by atoms with van der Waals surface area (Å²) in [5.41, 5.74) is 6.85. The van der Waals surface area contributed by atoms with Crippen LogP contribution in [0.3, 0.4) is 0 Å². The van der Waals surface area contributed by atoms with Gasteiger partial charge in [-0.25, -0.2) is 4.99 Å². The number of piperidine rings is 1. The number of guanidine groups is 1. The molecule has 1 heterocycles. The molecule has 0 aromatic heterocycles. The first-order chi connectivity index (χ1) is 8.63. The third kappa shape index (κ3) is 3.01. The van der Waals surface area contributed by atoms with Gasteiger partial charge in [-0.2, -0.15) is 0 Å². The molecule has 0 radical (unpaired) electrons. The molecule has 1 aromatic rings. The minimum absolute atomic E-state index is 0.116. The van der Waals surface area contributed by atoms with Crippen molar-refractivity contribution >= 4 is 11.6 Å². The summed E-state index contributed by atoms with van der Waals surface area (Å²) in [5.74, 6) is 0.573. The van der Waals surface area contributed by atoms with Gasteiger partial charge in [-0.15, -0.1) is 0 Å². The molecule has 1 aromatic carbocycles. The van der Waals surface area contributed by atoms with E-state index < -0.39 is 0 Å². The lowest BCUT2D eigenvalue weighted by Gasteiger charge is -2.39. The van der Waals surface area contributed by atoms with Gasteiger partial charge in [0.05, 0.1) is 11.3 Å². The van der Waals surface area contributed by atoms with Gasteiger partial charge in [0.1, 0.15) is 0 Å². The highest BCUT2D eigenvalue weighted by molar-refractivity contribution is 5.81. The minimum Gasteiger partial charge on any atom is -0.377 e. The number of rotatable bonds is 2. The Kier molecular flexibility index (Phi) is 3.87. The Labute approximate surface area is 108 Å². The number of hydrogen-bond donors (Lipinski definition) is 1. The third-order valence-corrected chi connectivity index (χ3v) is 3.48. The summed E-state index contributed by atoms with van der Waals surface area (Å²) < 4.78 is 5.56. The number of nitrogens with two attached hydrogens (primary N) is 1. The quantitative estimate of drug-likeness (QED) is 0.643. The predicted octanol–water partition coefficient (Wildman–Crippen LogP) is 2.13. The Bertz CT molecular complexity index is 418. The second-order valence-electron chi connectivity index (χ2n) is 4.98. The van der Waals surface area contributed by atoms with Crippen molar-refractivity contribution in [1.29, 1.82) is 0 Å². The zero-order chi connectivity index (χ0) is 13.0. The van der Waals surface area contributed by atoms with E-state index in [1.807, 2.05) is 30.3 Å². The molecule has 1 unspecified atom stereocenters. The van der Waals surface area contributed by atoms with Crippen molar-refractivity contribution in [1.82, 2.24) is 4.90 Å². The van der Waals surface area contributed by atoms with Crippen LogP contribution in [0.4, 0.5) is 5.69 Å². The van der Waals surface area contributed by atoms with Crippen molar-refractivity contribution in [3.05, 3.63) is 30.3 Å². The standard InChI is InChI=1S/C14H21N3O/c1-14(18-2)9-6-10-17(11-14)13(15)16-12-7-4-3-5-8-12/h3-5,7-8H,6,9-11H2,1-2H3,(H2,15,16). The van der Waals surface area contributed by atoms with Gasteiger partial charge in [-0.05, 0) is 31.9 Å². The van der Waals surface area contributed by atoms with Crippen LogP contribution in [0.1, 0.15) is 19.8 Å². The second-order valence-corrected chi connectivity index (χ2v) is 4.98. The van der Waals surface area contributed by atoms with Crippen molar-refractivity contribution in [2.75, 3.05) is 20.2 Å². The third-order valence-electron chi connectivity index (χ3n) is 3.48. The fraction of sp³-hybridized carbons (Fsp3) is 0.500. The van der Waals surface area contributed by atoms with Crippen molar-refractivity contribution in [2.45, 2.75) is 25.4 Å². The van der Waals surface area contributed by atoms with E-state index in [4.69, 9.17) is 10.5 Å². The molecule has 0 bridgehead atoms. The fourth-order valence-corrected chi connectivity index (χ4v) is 2.27. The van der Waals surface area contributed by atoms with Crippen molar-refractivity contribution < 1.29 is 4.74 Å². The van der Waals surface area contributed by atoms with Crippen molar-refractivity contribution in [2.24, 2.45) is 10.7 Å². The van der Waals surface area contributed by atoms with E-state index in [2.05, 4.69) is 16.8 Å². The maximum absolute atomic E-state index is 6.08. The SMILES string of the molecule is COC1(C)CCCN(C(N)=Nc2ccccc2)C1. The van der Waals surface area contributed by atoms with Crippen LogP contribution in [0.2, 0.25) is 0 Å². The molecule has 0 amide bonds. The molecule has 1 aliphatic heterocycles. The highest BCUT2D eigenvalue weighted by Gasteiger charge is 2.31. The normalized spacial score (nSPS) is 25.2. The van der Waals surface area contributed by atoms with Gasteiger partial charge in [0.15, 0.2) is 5.96 Å². The van der Waals surface area contributed by atoms with Crippen LogP contribution in [0.25, 0.3) is 0 Å². The molecule has 0 spiro atoms. The van der Waals surface area contributed by atoms with Crippen LogP contribution in [0.5, 0.6) is 0 Å². The summed E-state index contributed by atoms with van der Waals surface area (Å²) in [6, 6.07) is 9.79. The molecule has 2 rings (SSSR count). The van der Waals surface area contributed by atoms with Crippen molar-refractivity contribution in [3.63, 3.8) is 0 Å². The van der Waals surface area contributed by atoms with Gasteiger partial charge in [0.25, 0.3) is 0 Å². The number of methoxy groups -OCH3 is 1. The number of benzene rings is 1.